The van der Waals surface area contributed by atoms with Gasteiger partial charge < -0.3 is 4.74 Å². The fourth-order valence-electron chi connectivity index (χ4n) is 3.68. The third-order valence-electron chi connectivity index (χ3n) is 4.62. The summed E-state index contributed by atoms with van der Waals surface area (Å²) in [5.74, 6) is 2.02. The van der Waals surface area contributed by atoms with E-state index >= 15 is 0 Å². The molecule has 2 heteroatoms. The Morgan fingerprint density at radius 3 is 2.75 bits per heavy atom. The van der Waals surface area contributed by atoms with Crippen LogP contribution in [-0.4, -0.2) is 12.6 Å². The first-order valence-corrected chi connectivity index (χ1v) is 6.40. The Balaban J connectivity index is 2.02. The zero-order valence-corrected chi connectivity index (χ0v) is 10.5. The van der Waals surface area contributed by atoms with E-state index in [9.17, 15) is 4.79 Å². The lowest BCUT2D eigenvalue weighted by molar-refractivity contribution is -0.137. The first kappa shape index (κ1) is 11.7. The van der Waals surface area contributed by atoms with E-state index in [2.05, 4.69) is 19.9 Å². The van der Waals surface area contributed by atoms with Crippen molar-refractivity contribution in [2.24, 2.45) is 23.2 Å². The number of esters is 1. The van der Waals surface area contributed by atoms with Gasteiger partial charge in [0.25, 0.3) is 0 Å². The second-order valence-electron chi connectivity index (χ2n) is 5.73. The lowest BCUT2D eigenvalue weighted by Crippen LogP contribution is -2.29. The Labute approximate surface area is 98.1 Å². The van der Waals surface area contributed by atoms with Crippen LogP contribution < -0.4 is 0 Å². The lowest BCUT2D eigenvalue weighted by Gasteiger charge is -2.36. The van der Waals surface area contributed by atoms with Crippen molar-refractivity contribution in [3.63, 3.8) is 0 Å². The summed E-state index contributed by atoms with van der Waals surface area (Å²) in [6, 6.07) is 0. The van der Waals surface area contributed by atoms with E-state index in [-0.39, 0.29) is 5.97 Å². The second-order valence-corrected chi connectivity index (χ2v) is 5.73. The van der Waals surface area contributed by atoms with Crippen molar-refractivity contribution in [1.29, 1.82) is 0 Å². The number of hydrogen-bond donors (Lipinski definition) is 0. The first-order chi connectivity index (χ1) is 7.55. The van der Waals surface area contributed by atoms with E-state index in [1.165, 1.54) is 19.3 Å². The van der Waals surface area contributed by atoms with Crippen molar-refractivity contribution in [3.05, 3.63) is 12.2 Å². The molecule has 0 N–H and O–H groups in total. The van der Waals surface area contributed by atoms with Crippen molar-refractivity contribution < 1.29 is 9.53 Å². The molecule has 0 aliphatic heterocycles. The smallest absolute Gasteiger partial charge is 0.330 e. The third kappa shape index (κ3) is 1.90. The van der Waals surface area contributed by atoms with Crippen LogP contribution in [0.15, 0.2) is 12.2 Å². The van der Waals surface area contributed by atoms with Crippen molar-refractivity contribution in [3.8, 4) is 0 Å². The predicted molar refractivity (Wildman–Crippen MR) is 63.9 cm³/mol. The fourth-order valence-corrected chi connectivity index (χ4v) is 3.68. The van der Waals surface area contributed by atoms with Gasteiger partial charge >= 0.3 is 5.97 Å². The normalized spacial score (nSPS) is 35.8. The van der Waals surface area contributed by atoms with Crippen LogP contribution in [0.3, 0.4) is 0 Å². The zero-order chi connectivity index (χ0) is 11.8. The van der Waals surface area contributed by atoms with Crippen LogP contribution in [0.1, 0.15) is 40.0 Å². The van der Waals surface area contributed by atoms with Crippen LogP contribution >= 0.6 is 0 Å². The summed E-state index contributed by atoms with van der Waals surface area (Å²) in [5, 5.41) is 0. The molecule has 2 rings (SSSR count). The SMILES string of the molecule is CCOC(=O)C=CC1C2CCC(C2)C1(C)C. The van der Waals surface area contributed by atoms with E-state index < -0.39 is 0 Å². The molecule has 3 atom stereocenters. The number of carbonyl (C=O) groups excluding carboxylic acids is 1. The largest absolute Gasteiger partial charge is 0.463 e. The van der Waals surface area contributed by atoms with Gasteiger partial charge in [0.1, 0.15) is 0 Å². The second kappa shape index (κ2) is 4.23. The standard InChI is InChI=1S/C14H22O2/c1-4-16-13(15)8-7-12-10-5-6-11(9-10)14(12,2)3/h7-8,10-12H,4-6,9H2,1-3H3. The highest BCUT2D eigenvalue weighted by Gasteiger charge is 2.51. The van der Waals surface area contributed by atoms with Crippen LogP contribution in [0.5, 0.6) is 0 Å². The Kier molecular flexibility index (Phi) is 3.09. The molecule has 0 aromatic carbocycles. The van der Waals surface area contributed by atoms with Gasteiger partial charge in [-0.3, -0.25) is 0 Å². The highest BCUT2D eigenvalue weighted by atomic mass is 16.5. The minimum absolute atomic E-state index is 0.193. The van der Waals surface area contributed by atoms with Crippen molar-refractivity contribution in [2.45, 2.75) is 40.0 Å². The van der Waals surface area contributed by atoms with Crippen LogP contribution in [0.2, 0.25) is 0 Å². The number of carbonyl (C=O) groups is 1. The van der Waals surface area contributed by atoms with E-state index in [1.807, 2.05) is 6.92 Å². The summed E-state index contributed by atoms with van der Waals surface area (Å²) in [5.41, 5.74) is 0.367. The van der Waals surface area contributed by atoms with Gasteiger partial charge in [0, 0.05) is 6.08 Å². The number of allylic oxidation sites excluding steroid dienone is 1. The monoisotopic (exact) mass is 222 g/mol. The van der Waals surface area contributed by atoms with Crippen LogP contribution in [0.25, 0.3) is 0 Å². The summed E-state index contributed by atoms with van der Waals surface area (Å²) in [6.07, 6.45) is 7.80. The van der Waals surface area contributed by atoms with Crippen LogP contribution in [-0.2, 0) is 9.53 Å². The van der Waals surface area contributed by atoms with Gasteiger partial charge in [-0.15, -0.1) is 0 Å². The summed E-state index contributed by atoms with van der Waals surface area (Å²) < 4.78 is 4.92. The Morgan fingerprint density at radius 1 is 1.44 bits per heavy atom. The Hall–Kier alpha value is -0.790. The van der Waals surface area contributed by atoms with E-state index in [1.54, 1.807) is 6.08 Å². The van der Waals surface area contributed by atoms with Gasteiger partial charge in [-0.05, 0) is 49.4 Å². The first-order valence-electron chi connectivity index (χ1n) is 6.40. The topological polar surface area (TPSA) is 26.3 Å². The van der Waals surface area contributed by atoms with E-state index in [4.69, 9.17) is 4.74 Å². The van der Waals surface area contributed by atoms with Crippen LogP contribution in [0.4, 0.5) is 0 Å². The van der Waals surface area contributed by atoms with Gasteiger partial charge in [-0.1, -0.05) is 19.9 Å². The highest BCUT2D eigenvalue weighted by molar-refractivity contribution is 5.81. The van der Waals surface area contributed by atoms with Gasteiger partial charge in [0.15, 0.2) is 0 Å². The lowest BCUT2D eigenvalue weighted by atomic mass is 9.68. The molecule has 2 bridgehead atoms. The average Bonchev–Trinajstić information content (AvgIpc) is 2.74. The number of rotatable bonds is 3. The maximum Gasteiger partial charge on any atom is 0.330 e. The molecule has 2 aliphatic rings. The maximum absolute atomic E-state index is 11.3. The van der Waals surface area contributed by atoms with Crippen molar-refractivity contribution in [2.75, 3.05) is 6.61 Å². The molecule has 0 heterocycles. The maximum atomic E-state index is 11.3. The summed E-state index contributed by atoms with van der Waals surface area (Å²) >= 11 is 0. The fraction of sp³-hybridized carbons (Fsp3) is 0.786. The minimum Gasteiger partial charge on any atom is -0.463 e. The molecule has 16 heavy (non-hydrogen) atoms. The van der Waals surface area contributed by atoms with E-state index in [0.717, 1.165) is 11.8 Å². The summed E-state index contributed by atoms with van der Waals surface area (Å²) in [7, 11) is 0. The molecule has 2 fully saturated rings. The molecule has 2 aliphatic carbocycles. The Bertz CT molecular complexity index is 304. The third-order valence-corrected chi connectivity index (χ3v) is 4.62. The van der Waals surface area contributed by atoms with Gasteiger partial charge in [0.2, 0.25) is 0 Å². The molecule has 0 radical (unpaired) electrons. The van der Waals surface area contributed by atoms with Gasteiger partial charge in [-0.2, -0.15) is 0 Å². The number of ether oxygens (including phenoxy) is 1. The van der Waals surface area contributed by atoms with Gasteiger partial charge in [-0.25, -0.2) is 4.79 Å². The molecule has 0 spiro atoms. The van der Waals surface area contributed by atoms with Crippen molar-refractivity contribution in [1.82, 2.24) is 0 Å². The molecule has 2 nitrogen and oxygen atoms in total. The molecule has 0 aromatic rings. The molecule has 90 valence electrons. The predicted octanol–water partition coefficient (Wildman–Crippen LogP) is 3.18. The Morgan fingerprint density at radius 2 is 2.19 bits per heavy atom. The molecule has 0 amide bonds. The molecular formula is C14H22O2. The van der Waals surface area contributed by atoms with E-state index in [0.29, 0.717) is 17.9 Å². The molecule has 2 saturated carbocycles. The van der Waals surface area contributed by atoms with Crippen molar-refractivity contribution >= 4 is 5.97 Å². The molecular weight excluding hydrogens is 200 g/mol. The minimum atomic E-state index is -0.193. The number of hydrogen-bond acceptors (Lipinski definition) is 2. The zero-order valence-electron chi connectivity index (χ0n) is 10.5. The highest BCUT2D eigenvalue weighted by Crippen LogP contribution is 2.59. The molecule has 0 saturated heterocycles. The number of fused-ring (bicyclic) bond motifs is 2. The average molecular weight is 222 g/mol. The summed E-state index contributed by atoms with van der Waals surface area (Å²) in [4.78, 5) is 11.3. The van der Waals surface area contributed by atoms with Crippen LogP contribution in [0, 0.1) is 23.2 Å². The molecule has 3 unspecified atom stereocenters. The quantitative estimate of drug-likeness (QED) is 0.541. The summed E-state index contributed by atoms with van der Waals surface area (Å²) in [6.45, 7) is 6.99. The van der Waals surface area contributed by atoms with Gasteiger partial charge in [0.05, 0.1) is 6.61 Å². The molecule has 0 aromatic heterocycles.